The maximum atomic E-state index is 12.4. The molecule has 0 aliphatic heterocycles. The first-order valence-corrected chi connectivity index (χ1v) is 12.1. The molecule has 4 rings (SSSR count). The van der Waals surface area contributed by atoms with Crippen LogP contribution in [0.5, 0.6) is 0 Å². The highest BCUT2D eigenvalue weighted by Crippen LogP contribution is 2.59. The molecule has 0 unspecified atom stereocenters. The fourth-order valence-corrected chi connectivity index (χ4v) is 5.34. The number of pyridine rings is 1. The molecule has 2 aromatic carbocycles. The number of anilines is 1. The summed E-state index contributed by atoms with van der Waals surface area (Å²) in [4.78, 5) is 19.3. The van der Waals surface area contributed by atoms with Gasteiger partial charge in [-0.05, 0) is 73.0 Å². The summed E-state index contributed by atoms with van der Waals surface area (Å²) in [7, 11) is 0. The van der Waals surface area contributed by atoms with E-state index in [0.29, 0.717) is 6.42 Å². The summed E-state index contributed by atoms with van der Waals surface area (Å²) in [6.45, 7) is 4.15. The molecule has 1 heterocycles. The van der Waals surface area contributed by atoms with Gasteiger partial charge in [0, 0.05) is 32.1 Å². The Balaban J connectivity index is 1.35. The maximum Gasteiger partial charge on any atom is 0.228 e. The molecule has 1 saturated carbocycles. The predicted octanol–water partition coefficient (Wildman–Crippen LogP) is 6.46. The number of nitrogens with one attached hydrogen (secondary N) is 1. The maximum absolute atomic E-state index is 12.4. The van der Waals surface area contributed by atoms with Gasteiger partial charge in [-0.15, -0.1) is 23.5 Å². The summed E-state index contributed by atoms with van der Waals surface area (Å²) in [5.41, 5.74) is 4.24. The van der Waals surface area contributed by atoms with E-state index in [4.69, 9.17) is 0 Å². The lowest BCUT2D eigenvalue weighted by molar-refractivity contribution is -0.115. The average Bonchev–Trinajstić information content (AvgIpc) is 3.52. The van der Waals surface area contributed by atoms with Gasteiger partial charge >= 0.3 is 0 Å². The van der Waals surface area contributed by atoms with Crippen molar-refractivity contribution in [3.8, 4) is 0 Å². The number of amides is 1. The monoisotopic (exact) mass is 434 g/mol. The number of aryl methyl sites for hydroxylation is 1. The predicted molar refractivity (Wildman–Crippen MR) is 127 cm³/mol. The third kappa shape index (κ3) is 5.27. The van der Waals surface area contributed by atoms with Crippen molar-refractivity contribution in [2.24, 2.45) is 0 Å². The first-order valence-electron chi connectivity index (χ1n) is 10.3. The normalized spacial score (nSPS) is 14.3. The van der Waals surface area contributed by atoms with Crippen LogP contribution in [0, 0.1) is 6.92 Å². The summed E-state index contributed by atoms with van der Waals surface area (Å²) < 4.78 is 0.151. The van der Waals surface area contributed by atoms with Crippen LogP contribution in [-0.4, -0.2) is 16.6 Å². The third-order valence-corrected chi connectivity index (χ3v) is 7.60. The lowest BCUT2D eigenvalue weighted by Gasteiger charge is -2.16. The number of rotatable bonds is 8. The van der Waals surface area contributed by atoms with Crippen LogP contribution >= 0.6 is 23.5 Å². The highest BCUT2D eigenvalue weighted by atomic mass is 32.2. The molecule has 3 aromatic rings. The number of aromatic nitrogens is 1. The smallest absolute Gasteiger partial charge is 0.228 e. The van der Waals surface area contributed by atoms with Crippen LogP contribution in [0.3, 0.4) is 0 Å². The molecule has 1 amide bonds. The Bertz CT molecular complexity index is 995. The van der Waals surface area contributed by atoms with Crippen LogP contribution < -0.4 is 5.32 Å². The van der Waals surface area contributed by atoms with Gasteiger partial charge in [0.25, 0.3) is 0 Å². The fourth-order valence-electron chi connectivity index (χ4n) is 3.42. The Labute approximate surface area is 187 Å². The zero-order valence-corrected chi connectivity index (χ0v) is 19.0. The molecule has 0 radical (unpaired) electrons. The number of hydrogen-bond donors (Lipinski definition) is 1. The van der Waals surface area contributed by atoms with E-state index in [-0.39, 0.29) is 10.7 Å². The molecule has 3 nitrogen and oxygen atoms in total. The third-order valence-electron chi connectivity index (χ3n) is 5.20. The van der Waals surface area contributed by atoms with E-state index in [9.17, 15) is 4.79 Å². The van der Waals surface area contributed by atoms with Crippen LogP contribution in [0.1, 0.15) is 36.6 Å². The summed E-state index contributed by atoms with van der Waals surface area (Å²) in [6, 6.07) is 20.8. The van der Waals surface area contributed by atoms with E-state index in [1.807, 2.05) is 60.9 Å². The first kappa shape index (κ1) is 21.0. The average molecular weight is 435 g/mol. The van der Waals surface area contributed by atoms with Crippen molar-refractivity contribution < 1.29 is 4.79 Å². The zero-order chi connectivity index (χ0) is 21.0. The van der Waals surface area contributed by atoms with Crippen LogP contribution in [0.2, 0.25) is 0 Å². The number of hydrogen-bond acceptors (Lipinski definition) is 4. The van der Waals surface area contributed by atoms with Crippen molar-refractivity contribution in [1.29, 1.82) is 0 Å². The van der Waals surface area contributed by atoms with Crippen molar-refractivity contribution >= 4 is 35.1 Å². The molecular formula is C25H26N2OS2. The molecule has 0 saturated heterocycles. The van der Waals surface area contributed by atoms with E-state index in [1.54, 1.807) is 0 Å². The van der Waals surface area contributed by atoms with Crippen molar-refractivity contribution in [2.75, 3.05) is 11.1 Å². The molecule has 1 fully saturated rings. The molecule has 1 aliphatic carbocycles. The molecule has 0 bridgehead atoms. The van der Waals surface area contributed by atoms with Crippen LogP contribution in [-0.2, 0) is 16.0 Å². The Morgan fingerprint density at radius 2 is 1.70 bits per heavy atom. The molecule has 1 aromatic heterocycles. The Hall–Kier alpha value is -2.24. The van der Waals surface area contributed by atoms with Crippen LogP contribution in [0.4, 0.5) is 5.69 Å². The zero-order valence-electron chi connectivity index (χ0n) is 17.4. The Morgan fingerprint density at radius 3 is 2.30 bits per heavy atom. The summed E-state index contributed by atoms with van der Waals surface area (Å²) in [5, 5.41) is 3.02. The SMILES string of the molecule is CCSc1ccc(CC(=O)Nc2ccc(C3(Sc4ccc(C)nc4)CC3)cc2)cc1. The molecule has 1 N–H and O–H groups in total. The van der Waals surface area contributed by atoms with Crippen molar-refractivity contribution in [1.82, 2.24) is 4.98 Å². The number of thioether (sulfide) groups is 2. The van der Waals surface area contributed by atoms with Crippen LogP contribution in [0.15, 0.2) is 76.7 Å². The van der Waals surface area contributed by atoms with Gasteiger partial charge in [-0.25, -0.2) is 0 Å². The Kier molecular flexibility index (Phi) is 6.49. The van der Waals surface area contributed by atoms with Gasteiger partial charge < -0.3 is 5.32 Å². The second-order valence-electron chi connectivity index (χ2n) is 7.61. The van der Waals surface area contributed by atoms with Crippen LogP contribution in [0.25, 0.3) is 0 Å². The number of benzene rings is 2. The van der Waals surface area contributed by atoms with Gasteiger partial charge in [0.2, 0.25) is 5.91 Å². The van der Waals surface area contributed by atoms with E-state index in [2.05, 4.69) is 53.6 Å². The first-order chi connectivity index (χ1) is 14.6. The van der Waals surface area contributed by atoms with Crippen molar-refractivity contribution in [3.05, 3.63) is 83.7 Å². The van der Waals surface area contributed by atoms with Gasteiger partial charge in [-0.2, -0.15) is 0 Å². The molecular weight excluding hydrogens is 408 g/mol. The van der Waals surface area contributed by atoms with Gasteiger partial charge in [-0.1, -0.05) is 31.2 Å². The minimum absolute atomic E-state index is 0.0138. The van der Waals surface area contributed by atoms with Gasteiger partial charge in [0.15, 0.2) is 0 Å². The second-order valence-corrected chi connectivity index (χ2v) is 10.4. The summed E-state index contributed by atoms with van der Waals surface area (Å²) in [6.07, 6.45) is 4.69. The number of carbonyl (C=O) groups is 1. The topological polar surface area (TPSA) is 42.0 Å². The molecule has 1 aliphatic rings. The number of nitrogens with zero attached hydrogens (tertiary/aromatic N) is 1. The number of carbonyl (C=O) groups excluding carboxylic acids is 1. The molecule has 154 valence electrons. The standard InChI is InChI=1S/C25H26N2OS2/c1-3-29-22-12-5-19(6-13-22)16-24(28)27-21-9-7-20(8-10-21)25(14-15-25)30-23-11-4-18(2)26-17-23/h4-13,17H,3,14-16H2,1-2H3,(H,27,28). The fraction of sp³-hybridized carbons (Fsp3) is 0.280. The lowest BCUT2D eigenvalue weighted by atomic mass is 10.1. The van der Waals surface area contributed by atoms with E-state index < -0.39 is 0 Å². The highest BCUT2D eigenvalue weighted by molar-refractivity contribution is 8.00. The molecule has 0 spiro atoms. The van der Waals surface area contributed by atoms with Crippen molar-refractivity contribution in [2.45, 2.75) is 47.6 Å². The van der Waals surface area contributed by atoms with Gasteiger partial charge in [0.05, 0.1) is 6.42 Å². The highest BCUT2D eigenvalue weighted by Gasteiger charge is 2.45. The Morgan fingerprint density at radius 1 is 1.00 bits per heavy atom. The van der Waals surface area contributed by atoms with Gasteiger partial charge in [-0.3, -0.25) is 9.78 Å². The summed E-state index contributed by atoms with van der Waals surface area (Å²) in [5.74, 6) is 1.07. The second kappa shape index (κ2) is 9.27. The van der Waals surface area contributed by atoms with Gasteiger partial charge in [0.1, 0.15) is 0 Å². The largest absolute Gasteiger partial charge is 0.326 e. The molecule has 30 heavy (non-hydrogen) atoms. The molecule has 5 heteroatoms. The molecule has 0 atom stereocenters. The summed E-state index contributed by atoms with van der Waals surface area (Å²) >= 11 is 3.70. The van der Waals surface area contributed by atoms with E-state index >= 15 is 0 Å². The van der Waals surface area contributed by atoms with E-state index in [1.165, 1.54) is 28.2 Å². The van der Waals surface area contributed by atoms with E-state index in [0.717, 1.165) is 22.7 Å². The quantitative estimate of drug-likeness (QED) is 0.413. The lowest BCUT2D eigenvalue weighted by Crippen LogP contribution is -2.14. The minimum Gasteiger partial charge on any atom is -0.326 e. The van der Waals surface area contributed by atoms with Crippen molar-refractivity contribution in [3.63, 3.8) is 0 Å². The minimum atomic E-state index is 0.0138.